The summed E-state index contributed by atoms with van der Waals surface area (Å²) in [5.74, 6) is 1.49. The molecule has 1 aromatic heterocycles. The van der Waals surface area contributed by atoms with Gasteiger partial charge in [0.1, 0.15) is 18.8 Å². The minimum absolute atomic E-state index is 0.109. The molecular weight excluding hydrogens is 280 g/mol. The van der Waals surface area contributed by atoms with Gasteiger partial charge in [-0.3, -0.25) is 4.79 Å². The first-order valence-corrected chi connectivity index (χ1v) is 8.43. The van der Waals surface area contributed by atoms with Crippen LogP contribution in [0.4, 0.5) is 0 Å². The van der Waals surface area contributed by atoms with E-state index in [0.29, 0.717) is 12.5 Å². The third-order valence-electron chi connectivity index (χ3n) is 5.20. The van der Waals surface area contributed by atoms with Gasteiger partial charge in [-0.2, -0.15) is 0 Å². The zero-order valence-corrected chi connectivity index (χ0v) is 13.6. The van der Waals surface area contributed by atoms with Crippen LogP contribution in [0.25, 0.3) is 0 Å². The molecule has 0 aromatic carbocycles. The maximum atomic E-state index is 12.3. The zero-order valence-electron chi connectivity index (χ0n) is 13.6. The van der Waals surface area contributed by atoms with Crippen LogP contribution in [0, 0.1) is 5.41 Å². The second-order valence-corrected chi connectivity index (χ2v) is 6.56. The lowest BCUT2D eigenvalue weighted by atomic mass is 9.62. The number of aryl methyl sites for hydroxylation is 1. The van der Waals surface area contributed by atoms with E-state index in [2.05, 4.69) is 21.7 Å². The molecule has 1 aromatic rings. The number of carbonyl (C=O) groups is 1. The average Bonchev–Trinajstić information content (AvgIpc) is 3.08. The molecule has 0 bridgehead atoms. The third kappa shape index (κ3) is 2.64. The smallest absolute Gasteiger partial charge is 0.248 e. The van der Waals surface area contributed by atoms with Crippen molar-refractivity contribution in [3.63, 3.8) is 0 Å². The van der Waals surface area contributed by atoms with Crippen LogP contribution in [0.2, 0.25) is 0 Å². The number of hydrogen-bond acceptors (Lipinski definition) is 4. The Morgan fingerprint density at radius 1 is 1.45 bits per heavy atom. The summed E-state index contributed by atoms with van der Waals surface area (Å²) in [7, 11) is 0. The van der Waals surface area contributed by atoms with Crippen molar-refractivity contribution < 1.29 is 9.53 Å². The van der Waals surface area contributed by atoms with Crippen LogP contribution < -0.4 is 0 Å². The van der Waals surface area contributed by atoms with Gasteiger partial charge in [-0.15, -0.1) is 10.2 Å². The van der Waals surface area contributed by atoms with Crippen LogP contribution in [0.15, 0.2) is 6.33 Å². The predicted molar refractivity (Wildman–Crippen MR) is 82.4 cm³/mol. The number of carbonyl (C=O) groups excluding carboxylic acids is 1. The molecule has 6 heteroatoms. The van der Waals surface area contributed by atoms with E-state index in [-0.39, 0.29) is 17.9 Å². The lowest BCUT2D eigenvalue weighted by Gasteiger charge is -2.42. The van der Waals surface area contributed by atoms with Crippen LogP contribution in [0.1, 0.15) is 51.3 Å². The molecule has 122 valence electrons. The van der Waals surface area contributed by atoms with Gasteiger partial charge in [0.05, 0.1) is 0 Å². The maximum Gasteiger partial charge on any atom is 0.248 e. The van der Waals surface area contributed by atoms with Gasteiger partial charge < -0.3 is 14.2 Å². The predicted octanol–water partition coefficient (Wildman–Crippen LogP) is 1.82. The highest BCUT2D eigenvalue weighted by Crippen LogP contribution is 2.55. The highest BCUT2D eigenvalue weighted by Gasteiger charge is 2.53. The van der Waals surface area contributed by atoms with Gasteiger partial charge in [0.25, 0.3) is 0 Å². The molecule has 3 rings (SSSR count). The molecular formula is C16H26N4O2. The normalized spacial score (nSPS) is 23.0. The van der Waals surface area contributed by atoms with Crippen LogP contribution >= 0.6 is 0 Å². The van der Waals surface area contributed by atoms with E-state index < -0.39 is 0 Å². The van der Waals surface area contributed by atoms with E-state index in [1.165, 1.54) is 19.3 Å². The van der Waals surface area contributed by atoms with Crippen molar-refractivity contribution >= 4 is 5.91 Å². The minimum Gasteiger partial charge on any atom is -0.372 e. The van der Waals surface area contributed by atoms with Gasteiger partial charge in [0.2, 0.25) is 5.91 Å². The van der Waals surface area contributed by atoms with Gasteiger partial charge in [-0.05, 0) is 31.6 Å². The lowest BCUT2D eigenvalue weighted by Crippen LogP contribution is -2.39. The fourth-order valence-electron chi connectivity index (χ4n) is 3.88. The molecule has 1 atom stereocenters. The van der Waals surface area contributed by atoms with Crippen LogP contribution in [-0.4, -0.2) is 51.9 Å². The van der Waals surface area contributed by atoms with Gasteiger partial charge in [0, 0.05) is 32.2 Å². The standard InChI is InChI=1S/C16H26N4O2/c1-3-8-19-12-17-18-15(19)13-9-20(14(21)10-22-4-2)11-16(13)6-5-7-16/h12-13H,3-11H2,1-2H3. The van der Waals surface area contributed by atoms with E-state index in [4.69, 9.17) is 4.74 Å². The summed E-state index contributed by atoms with van der Waals surface area (Å²) in [6.07, 6.45) is 6.53. The fourth-order valence-corrected chi connectivity index (χ4v) is 3.88. The largest absolute Gasteiger partial charge is 0.372 e. The summed E-state index contributed by atoms with van der Waals surface area (Å²) >= 11 is 0. The second kappa shape index (κ2) is 6.36. The Morgan fingerprint density at radius 2 is 2.27 bits per heavy atom. The Hall–Kier alpha value is -1.43. The van der Waals surface area contributed by atoms with Crippen LogP contribution in [0.5, 0.6) is 0 Å². The minimum atomic E-state index is 0.109. The van der Waals surface area contributed by atoms with Crippen molar-refractivity contribution in [1.82, 2.24) is 19.7 Å². The highest BCUT2D eigenvalue weighted by atomic mass is 16.5. The molecule has 0 N–H and O–H groups in total. The Labute approximate surface area is 131 Å². The molecule has 22 heavy (non-hydrogen) atoms. The molecule has 1 spiro atoms. The first kappa shape index (κ1) is 15.5. The Bertz CT molecular complexity index is 524. The maximum absolute atomic E-state index is 12.3. The topological polar surface area (TPSA) is 60.2 Å². The van der Waals surface area contributed by atoms with E-state index in [1.54, 1.807) is 0 Å². The summed E-state index contributed by atoms with van der Waals surface area (Å²) in [6, 6.07) is 0. The summed E-state index contributed by atoms with van der Waals surface area (Å²) in [4.78, 5) is 14.3. The zero-order chi connectivity index (χ0) is 15.6. The number of ether oxygens (including phenoxy) is 1. The molecule has 2 fully saturated rings. The quantitative estimate of drug-likeness (QED) is 0.804. The number of likely N-dealkylation sites (tertiary alicyclic amines) is 1. The van der Waals surface area contributed by atoms with Crippen LogP contribution in [0.3, 0.4) is 0 Å². The first-order chi connectivity index (χ1) is 10.7. The van der Waals surface area contributed by atoms with Crippen molar-refractivity contribution in [3.05, 3.63) is 12.2 Å². The molecule has 2 heterocycles. The Balaban J connectivity index is 1.78. The number of amides is 1. The van der Waals surface area contributed by atoms with Crippen LogP contribution in [-0.2, 0) is 16.1 Å². The molecule has 1 saturated carbocycles. The molecule has 1 amide bonds. The number of nitrogens with zero attached hydrogens (tertiary/aromatic N) is 4. The number of rotatable bonds is 6. The fraction of sp³-hybridized carbons (Fsp3) is 0.812. The number of aromatic nitrogens is 3. The number of hydrogen-bond donors (Lipinski definition) is 0. The SMILES string of the molecule is CCCn1cnnc1C1CN(C(=O)COCC)CC12CCC2. The van der Waals surface area contributed by atoms with Gasteiger partial charge in [0.15, 0.2) is 0 Å². The Morgan fingerprint density at radius 3 is 2.91 bits per heavy atom. The first-order valence-electron chi connectivity index (χ1n) is 8.43. The van der Waals surface area contributed by atoms with Crippen molar-refractivity contribution in [2.75, 3.05) is 26.3 Å². The van der Waals surface area contributed by atoms with Crippen molar-refractivity contribution in [1.29, 1.82) is 0 Å². The average molecular weight is 306 g/mol. The van der Waals surface area contributed by atoms with Gasteiger partial charge in [-0.1, -0.05) is 13.3 Å². The third-order valence-corrected chi connectivity index (χ3v) is 5.20. The summed E-state index contributed by atoms with van der Waals surface area (Å²) in [6.45, 7) is 7.41. The molecule has 1 saturated heterocycles. The molecule has 1 aliphatic carbocycles. The monoisotopic (exact) mass is 306 g/mol. The van der Waals surface area contributed by atoms with Gasteiger partial charge >= 0.3 is 0 Å². The summed E-state index contributed by atoms with van der Waals surface area (Å²) < 4.78 is 7.46. The van der Waals surface area contributed by atoms with E-state index in [0.717, 1.165) is 31.9 Å². The van der Waals surface area contributed by atoms with Gasteiger partial charge in [-0.25, -0.2) is 0 Å². The molecule has 6 nitrogen and oxygen atoms in total. The Kier molecular flexibility index (Phi) is 4.47. The van der Waals surface area contributed by atoms with E-state index >= 15 is 0 Å². The molecule has 1 unspecified atom stereocenters. The van der Waals surface area contributed by atoms with Crippen molar-refractivity contribution in [3.8, 4) is 0 Å². The van der Waals surface area contributed by atoms with E-state index in [1.807, 2.05) is 18.2 Å². The second-order valence-electron chi connectivity index (χ2n) is 6.56. The van der Waals surface area contributed by atoms with Crippen molar-refractivity contribution in [2.45, 2.75) is 52.0 Å². The lowest BCUT2D eigenvalue weighted by molar-refractivity contribution is -0.135. The molecule has 2 aliphatic rings. The van der Waals surface area contributed by atoms with Crippen molar-refractivity contribution in [2.24, 2.45) is 5.41 Å². The highest BCUT2D eigenvalue weighted by molar-refractivity contribution is 5.78. The summed E-state index contributed by atoms with van der Waals surface area (Å²) in [5, 5.41) is 8.51. The van der Waals surface area contributed by atoms with E-state index in [9.17, 15) is 4.79 Å². The summed E-state index contributed by atoms with van der Waals surface area (Å²) in [5.41, 5.74) is 0.223. The molecule has 0 radical (unpaired) electrons. The molecule has 1 aliphatic heterocycles.